The van der Waals surface area contributed by atoms with Gasteiger partial charge in [0.1, 0.15) is 11.3 Å². The SMILES string of the molecule is CC[C@@H](C)NC(=O)CCCn1nc(C)n2c(cc3sccc32)c1=O. The van der Waals surface area contributed by atoms with E-state index in [1.54, 1.807) is 11.3 Å². The van der Waals surface area contributed by atoms with Gasteiger partial charge in [-0.2, -0.15) is 5.10 Å². The molecule has 0 saturated carbocycles. The molecule has 0 spiro atoms. The maximum absolute atomic E-state index is 12.6. The van der Waals surface area contributed by atoms with E-state index in [9.17, 15) is 9.59 Å². The number of carbonyl (C=O) groups excluding carboxylic acids is 1. The molecule has 0 aromatic carbocycles. The van der Waals surface area contributed by atoms with Crippen LogP contribution in [0.15, 0.2) is 22.3 Å². The lowest BCUT2D eigenvalue weighted by atomic mass is 10.2. The fraction of sp³-hybridized carbons (Fsp3) is 0.471. The van der Waals surface area contributed by atoms with Crippen LogP contribution in [0.25, 0.3) is 15.7 Å². The summed E-state index contributed by atoms with van der Waals surface area (Å²) in [4.78, 5) is 24.5. The highest BCUT2D eigenvalue weighted by molar-refractivity contribution is 7.17. The number of aryl methyl sites for hydroxylation is 2. The molecule has 24 heavy (non-hydrogen) atoms. The average Bonchev–Trinajstić information content (AvgIpc) is 3.12. The van der Waals surface area contributed by atoms with E-state index in [2.05, 4.69) is 10.4 Å². The molecule has 0 unspecified atom stereocenters. The first kappa shape index (κ1) is 16.7. The van der Waals surface area contributed by atoms with Crippen molar-refractivity contribution < 1.29 is 4.79 Å². The van der Waals surface area contributed by atoms with Crippen molar-refractivity contribution in [3.63, 3.8) is 0 Å². The Hall–Kier alpha value is -2.15. The van der Waals surface area contributed by atoms with Crippen molar-refractivity contribution in [1.29, 1.82) is 0 Å². The highest BCUT2D eigenvalue weighted by Gasteiger charge is 2.13. The van der Waals surface area contributed by atoms with Crippen LogP contribution in [0.3, 0.4) is 0 Å². The summed E-state index contributed by atoms with van der Waals surface area (Å²) >= 11 is 1.62. The lowest BCUT2D eigenvalue weighted by molar-refractivity contribution is -0.121. The second kappa shape index (κ2) is 6.76. The zero-order valence-corrected chi connectivity index (χ0v) is 15.0. The highest BCUT2D eigenvalue weighted by Crippen LogP contribution is 2.24. The molecular weight excluding hydrogens is 324 g/mol. The normalized spacial score (nSPS) is 12.8. The molecule has 7 heteroatoms. The molecule has 0 aliphatic carbocycles. The number of thiophene rings is 1. The Morgan fingerprint density at radius 2 is 2.21 bits per heavy atom. The number of fused-ring (bicyclic) bond motifs is 3. The fourth-order valence-corrected chi connectivity index (χ4v) is 3.62. The van der Waals surface area contributed by atoms with Crippen LogP contribution in [-0.2, 0) is 11.3 Å². The zero-order chi connectivity index (χ0) is 17.3. The molecular formula is C17H22N4O2S. The number of rotatable bonds is 6. The molecule has 0 aliphatic rings. The van der Waals surface area contributed by atoms with Crippen LogP contribution < -0.4 is 10.9 Å². The Kier molecular flexibility index (Phi) is 4.71. The van der Waals surface area contributed by atoms with E-state index in [1.807, 2.05) is 42.7 Å². The molecule has 0 aliphatic heterocycles. The topological polar surface area (TPSA) is 68.4 Å². The quantitative estimate of drug-likeness (QED) is 0.746. The molecule has 0 fully saturated rings. The van der Waals surface area contributed by atoms with Gasteiger partial charge in [-0.05, 0) is 44.2 Å². The third-order valence-electron chi connectivity index (χ3n) is 4.26. The molecule has 0 bridgehead atoms. The van der Waals surface area contributed by atoms with Crippen molar-refractivity contribution in [2.45, 2.75) is 52.6 Å². The zero-order valence-electron chi connectivity index (χ0n) is 14.2. The molecule has 3 rings (SSSR count). The summed E-state index contributed by atoms with van der Waals surface area (Å²) in [6.45, 7) is 6.37. The minimum atomic E-state index is -0.105. The predicted octanol–water partition coefficient (Wildman–Crippen LogP) is 2.71. The van der Waals surface area contributed by atoms with E-state index in [1.165, 1.54) is 4.68 Å². The molecule has 1 N–H and O–H groups in total. The lowest BCUT2D eigenvalue weighted by Crippen LogP contribution is -2.32. The Morgan fingerprint density at radius 3 is 2.96 bits per heavy atom. The van der Waals surface area contributed by atoms with Gasteiger partial charge in [0.25, 0.3) is 5.56 Å². The number of nitrogens with one attached hydrogen (secondary N) is 1. The van der Waals surface area contributed by atoms with Crippen LogP contribution in [-0.4, -0.2) is 26.1 Å². The molecule has 1 atom stereocenters. The molecule has 3 aromatic rings. The van der Waals surface area contributed by atoms with Crippen LogP contribution in [0.1, 0.15) is 38.9 Å². The first-order valence-electron chi connectivity index (χ1n) is 8.27. The van der Waals surface area contributed by atoms with E-state index in [-0.39, 0.29) is 17.5 Å². The van der Waals surface area contributed by atoms with Crippen molar-refractivity contribution in [2.75, 3.05) is 0 Å². The van der Waals surface area contributed by atoms with Crippen molar-refractivity contribution >= 4 is 33.0 Å². The van der Waals surface area contributed by atoms with Crippen LogP contribution >= 0.6 is 11.3 Å². The minimum Gasteiger partial charge on any atom is -0.354 e. The standard InChI is InChI=1S/C17H22N4O2S/c1-4-11(2)18-16(22)6-5-8-20-17(23)14-10-15-13(7-9-24-15)21(14)12(3)19-20/h7,9-11H,4-6,8H2,1-3H3,(H,18,22)/t11-/m1/s1. The van der Waals surface area contributed by atoms with Gasteiger partial charge in [0.15, 0.2) is 0 Å². The summed E-state index contributed by atoms with van der Waals surface area (Å²) in [5.41, 5.74) is 1.57. The van der Waals surface area contributed by atoms with Gasteiger partial charge >= 0.3 is 0 Å². The summed E-state index contributed by atoms with van der Waals surface area (Å²) in [6.07, 6.45) is 1.91. The number of nitrogens with zero attached hydrogens (tertiary/aromatic N) is 3. The van der Waals surface area contributed by atoms with E-state index < -0.39 is 0 Å². The van der Waals surface area contributed by atoms with Gasteiger partial charge in [-0.1, -0.05) is 6.92 Å². The largest absolute Gasteiger partial charge is 0.354 e. The second-order valence-corrected chi connectivity index (χ2v) is 7.04. The van der Waals surface area contributed by atoms with Gasteiger partial charge in [-0.15, -0.1) is 11.3 Å². The Labute approximate surface area is 144 Å². The number of amides is 1. The maximum atomic E-state index is 12.6. The molecule has 3 heterocycles. The third kappa shape index (κ3) is 3.08. The number of hydrogen-bond donors (Lipinski definition) is 1. The second-order valence-electron chi connectivity index (χ2n) is 6.09. The lowest BCUT2D eigenvalue weighted by Gasteiger charge is -2.11. The van der Waals surface area contributed by atoms with Crippen molar-refractivity contribution in [3.05, 3.63) is 33.7 Å². The minimum absolute atomic E-state index is 0.0263. The summed E-state index contributed by atoms with van der Waals surface area (Å²) in [5.74, 6) is 0.806. The Morgan fingerprint density at radius 1 is 1.42 bits per heavy atom. The van der Waals surface area contributed by atoms with Gasteiger partial charge in [-0.25, -0.2) is 4.68 Å². The highest BCUT2D eigenvalue weighted by atomic mass is 32.1. The van der Waals surface area contributed by atoms with E-state index in [0.717, 1.165) is 22.5 Å². The van der Waals surface area contributed by atoms with Gasteiger partial charge < -0.3 is 5.32 Å². The Bertz CT molecular complexity index is 937. The van der Waals surface area contributed by atoms with Crippen LogP contribution in [0.2, 0.25) is 0 Å². The maximum Gasteiger partial charge on any atom is 0.291 e. The number of aromatic nitrogens is 3. The summed E-state index contributed by atoms with van der Waals surface area (Å²) in [7, 11) is 0. The van der Waals surface area contributed by atoms with Crippen molar-refractivity contribution in [1.82, 2.24) is 19.5 Å². The van der Waals surface area contributed by atoms with Gasteiger partial charge in [0.05, 0.1) is 10.2 Å². The monoisotopic (exact) mass is 346 g/mol. The Balaban J connectivity index is 1.77. The van der Waals surface area contributed by atoms with Crippen LogP contribution in [0, 0.1) is 6.92 Å². The smallest absolute Gasteiger partial charge is 0.291 e. The summed E-state index contributed by atoms with van der Waals surface area (Å²) in [6, 6.07) is 4.11. The molecule has 0 saturated heterocycles. The molecule has 6 nitrogen and oxygen atoms in total. The van der Waals surface area contributed by atoms with E-state index in [4.69, 9.17) is 0 Å². The number of hydrogen-bond acceptors (Lipinski definition) is 4. The summed E-state index contributed by atoms with van der Waals surface area (Å²) in [5, 5.41) is 9.36. The average molecular weight is 346 g/mol. The van der Waals surface area contributed by atoms with E-state index in [0.29, 0.717) is 24.9 Å². The number of carbonyl (C=O) groups is 1. The molecule has 128 valence electrons. The van der Waals surface area contributed by atoms with E-state index >= 15 is 0 Å². The van der Waals surface area contributed by atoms with Crippen molar-refractivity contribution in [3.8, 4) is 0 Å². The van der Waals surface area contributed by atoms with Crippen LogP contribution in [0.4, 0.5) is 0 Å². The first-order chi connectivity index (χ1) is 11.5. The molecule has 3 aromatic heterocycles. The third-order valence-corrected chi connectivity index (χ3v) is 5.11. The molecule has 0 radical (unpaired) electrons. The van der Waals surface area contributed by atoms with Gasteiger partial charge in [0, 0.05) is 19.0 Å². The van der Waals surface area contributed by atoms with Crippen LogP contribution in [0.5, 0.6) is 0 Å². The first-order valence-corrected chi connectivity index (χ1v) is 9.15. The fourth-order valence-electron chi connectivity index (χ4n) is 2.82. The summed E-state index contributed by atoms with van der Waals surface area (Å²) < 4.78 is 4.47. The predicted molar refractivity (Wildman–Crippen MR) is 96.7 cm³/mol. The van der Waals surface area contributed by atoms with Gasteiger partial charge in [0.2, 0.25) is 5.91 Å². The van der Waals surface area contributed by atoms with Gasteiger partial charge in [-0.3, -0.25) is 14.0 Å². The molecule has 1 amide bonds. The van der Waals surface area contributed by atoms with Crippen molar-refractivity contribution in [2.24, 2.45) is 0 Å².